The number of fused-ring (bicyclic) bond motifs is 1. The van der Waals surface area contributed by atoms with Crippen LogP contribution in [0.4, 0.5) is 5.69 Å². The first-order chi connectivity index (χ1) is 14.7. The highest BCUT2D eigenvalue weighted by Crippen LogP contribution is 2.30. The number of benzene rings is 2. The average molecular weight is 404 g/mol. The predicted octanol–water partition coefficient (Wildman–Crippen LogP) is 3.09. The zero-order chi connectivity index (χ0) is 20.8. The molecule has 0 saturated carbocycles. The van der Waals surface area contributed by atoms with Gasteiger partial charge in [0.05, 0.1) is 31.0 Å². The molecule has 7 heteroatoms. The predicted molar refractivity (Wildman–Crippen MR) is 113 cm³/mol. The molecule has 30 heavy (non-hydrogen) atoms. The Morgan fingerprint density at radius 3 is 2.73 bits per heavy atom. The summed E-state index contributed by atoms with van der Waals surface area (Å²) in [6, 6.07) is 17.6. The summed E-state index contributed by atoms with van der Waals surface area (Å²) in [6.07, 6.45) is 5.30. The van der Waals surface area contributed by atoms with Gasteiger partial charge in [0.15, 0.2) is 0 Å². The number of nitrogens with zero attached hydrogens (tertiary/aromatic N) is 2. The van der Waals surface area contributed by atoms with Crippen molar-refractivity contribution in [3.05, 3.63) is 78.1 Å². The van der Waals surface area contributed by atoms with E-state index in [9.17, 15) is 9.59 Å². The summed E-state index contributed by atoms with van der Waals surface area (Å²) < 4.78 is 7.05. The maximum absolute atomic E-state index is 12.4. The van der Waals surface area contributed by atoms with Crippen molar-refractivity contribution in [3.63, 3.8) is 0 Å². The number of carbonyl (C=O) groups excluding carboxylic acids is 2. The molecule has 0 bridgehead atoms. The van der Waals surface area contributed by atoms with E-state index in [1.807, 2.05) is 42.5 Å². The van der Waals surface area contributed by atoms with Crippen molar-refractivity contribution in [2.24, 2.45) is 0 Å². The fourth-order valence-electron chi connectivity index (χ4n) is 3.61. The molecule has 0 aliphatic heterocycles. The quantitative estimate of drug-likeness (QED) is 0.604. The Labute approximate surface area is 175 Å². The molecule has 1 aromatic heterocycles. The Morgan fingerprint density at radius 2 is 1.87 bits per heavy atom. The highest BCUT2D eigenvalue weighted by atomic mass is 16.5. The lowest BCUT2D eigenvalue weighted by molar-refractivity contribution is -0.122. The molecule has 1 aliphatic rings. The number of nitrogens with one attached hydrogen (secondary N) is 2. The summed E-state index contributed by atoms with van der Waals surface area (Å²) >= 11 is 0. The van der Waals surface area contributed by atoms with Crippen LogP contribution in [0.15, 0.2) is 67.0 Å². The van der Waals surface area contributed by atoms with Crippen LogP contribution in [0.3, 0.4) is 0 Å². The standard InChI is InChI=1S/C23H24N4O3/c28-22(12-13-30-19-7-2-1-3-8-19)25-18-14-24-27(15-18)16-23(29)26-21-11-10-17-6-4-5-9-20(17)21/h1-9,14-15,21H,10-13,16H2,(H,25,28)(H,26,29)/t21-/m0/s1. The van der Waals surface area contributed by atoms with Gasteiger partial charge in [-0.3, -0.25) is 14.3 Å². The van der Waals surface area contributed by atoms with Crippen LogP contribution in [0.25, 0.3) is 0 Å². The van der Waals surface area contributed by atoms with E-state index in [0.29, 0.717) is 5.69 Å². The highest BCUT2D eigenvalue weighted by Gasteiger charge is 2.23. The van der Waals surface area contributed by atoms with E-state index in [1.165, 1.54) is 22.0 Å². The first kappa shape index (κ1) is 19.7. The Hall–Kier alpha value is -3.61. The maximum Gasteiger partial charge on any atom is 0.242 e. The minimum absolute atomic E-state index is 0.0491. The van der Waals surface area contributed by atoms with Crippen molar-refractivity contribution in [3.8, 4) is 5.75 Å². The lowest BCUT2D eigenvalue weighted by Crippen LogP contribution is -2.30. The second kappa shape index (κ2) is 9.26. The number of aromatic nitrogens is 2. The molecule has 1 aliphatic carbocycles. The number of anilines is 1. The van der Waals surface area contributed by atoms with Gasteiger partial charge in [-0.25, -0.2) is 0 Å². The SMILES string of the molecule is O=C(CCOc1ccccc1)Nc1cnn(CC(=O)N[C@H]2CCc3ccccc32)c1. The Morgan fingerprint density at radius 1 is 1.07 bits per heavy atom. The average Bonchev–Trinajstić information content (AvgIpc) is 3.36. The molecule has 0 radical (unpaired) electrons. The van der Waals surface area contributed by atoms with Crippen molar-refractivity contribution >= 4 is 17.5 Å². The van der Waals surface area contributed by atoms with Crippen molar-refractivity contribution < 1.29 is 14.3 Å². The monoisotopic (exact) mass is 404 g/mol. The summed E-state index contributed by atoms with van der Waals surface area (Å²) in [5, 5.41) is 10.0. The lowest BCUT2D eigenvalue weighted by Gasteiger charge is -2.14. The molecule has 2 amide bonds. The van der Waals surface area contributed by atoms with Gasteiger partial charge in [0, 0.05) is 6.20 Å². The fourth-order valence-corrected chi connectivity index (χ4v) is 3.61. The molecular weight excluding hydrogens is 380 g/mol. The van der Waals surface area contributed by atoms with Gasteiger partial charge >= 0.3 is 0 Å². The molecule has 2 N–H and O–H groups in total. The van der Waals surface area contributed by atoms with Crippen LogP contribution < -0.4 is 15.4 Å². The summed E-state index contributed by atoms with van der Waals surface area (Å²) in [5.74, 6) is 0.459. The molecule has 1 atom stereocenters. The summed E-state index contributed by atoms with van der Waals surface area (Å²) in [4.78, 5) is 24.5. The number of hydrogen-bond donors (Lipinski definition) is 2. The van der Waals surface area contributed by atoms with E-state index in [-0.39, 0.29) is 37.4 Å². The van der Waals surface area contributed by atoms with Crippen molar-refractivity contribution in [2.45, 2.75) is 31.8 Å². The maximum atomic E-state index is 12.4. The third-order valence-corrected chi connectivity index (χ3v) is 5.03. The van der Waals surface area contributed by atoms with Gasteiger partial charge in [-0.1, -0.05) is 42.5 Å². The minimum Gasteiger partial charge on any atom is -0.493 e. The number of rotatable bonds is 8. The van der Waals surface area contributed by atoms with E-state index in [0.717, 1.165) is 18.6 Å². The normalized spacial score (nSPS) is 14.7. The van der Waals surface area contributed by atoms with Gasteiger partial charge in [0.25, 0.3) is 0 Å². The molecule has 2 aromatic carbocycles. The largest absolute Gasteiger partial charge is 0.493 e. The van der Waals surface area contributed by atoms with Gasteiger partial charge in [-0.15, -0.1) is 0 Å². The van der Waals surface area contributed by atoms with Gasteiger partial charge in [0.1, 0.15) is 12.3 Å². The van der Waals surface area contributed by atoms with Crippen LogP contribution in [-0.4, -0.2) is 28.2 Å². The van der Waals surface area contributed by atoms with Gasteiger partial charge < -0.3 is 15.4 Å². The summed E-state index contributed by atoms with van der Waals surface area (Å²) in [6.45, 7) is 0.390. The Balaban J connectivity index is 1.22. The van der Waals surface area contributed by atoms with E-state index in [1.54, 1.807) is 6.20 Å². The van der Waals surface area contributed by atoms with Crippen LogP contribution in [0.5, 0.6) is 5.75 Å². The first-order valence-electron chi connectivity index (χ1n) is 10.0. The summed E-state index contributed by atoms with van der Waals surface area (Å²) in [5.41, 5.74) is 3.04. The number of ether oxygens (including phenoxy) is 1. The van der Waals surface area contributed by atoms with Crippen LogP contribution in [0.1, 0.15) is 30.0 Å². The molecule has 0 spiro atoms. The molecule has 3 aromatic rings. The lowest BCUT2D eigenvalue weighted by atomic mass is 10.1. The summed E-state index contributed by atoms with van der Waals surface area (Å²) in [7, 11) is 0. The molecule has 4 rings (SSSR count). The zero-order valence-corrected chi connectivity index (χ0v) is 16.6. The van der Waals surface area contributed by atoms with Crippen molar-refractivity contribution in [1.29, 1.82) is 0 Å². The number of para-hydroxylation sites is 1. The first-order valence-corrected chi connectivity index (χ1v) is 10.0. The third kappa shape index (κ3) is 5.05. The van der Waals surface area contributed by atoms with Crippen molar-refractivity contribution in [1.82, 2.24) is 15.1 Å². The highest BCUT2D eigenvalue weighted by molar-refractivity contribution is 5.90. The minimum atomic E-state index is -0.169. The van der Waals surface area contributed by atoms with E-state index < -0.39 is 0 Å². The smallest absolute Gasteiger partial charge is 0.242 e. The zero-order valence-electron chi connectivity index (χ0n) is 16.6. The van der Waals surface area contributed by atoms with Crippen LogP contribution >= 0.6 is 0 Å². The van der Waals surface area contributed by atoms with Gasteiger partial charge in [-0.05, 0) is 36.1 Å². The molecule has 0 saturated heterocycles. The second-order valence-corrected chi connectivity index (χ2v) is 7.24. The molecule has 0 unspecified atom stereocenters. The Kier molecular flexibility index (Phi) is 6.08. The number of hydrogen-bond acceptors (Lipinski definition) is 4. The topological polar surface area (TPSA) is 85.2 Å². The van der Waals surface area contributed by atoms with E-state index in [4.69, 9.17) is 4.74 Å². The van der Waals surface area contributed by atoms with Crippen LogP contribution in [0, 0.1) is 0 Å². The van der Waals surface area contributed by atoms with Crippen LogP contribution in [-0.2, 0) is 22.6 Å². The molecule has 154 valence electrons. The number of carbonyl (C=O) groups is 2. The van der Waals surface area contributed by atoms with Crippen LogP contribution in [0.2, 0.25) is 0 Å². The molecule has 1 heterocycles. The molecule has 7 nitrogen and oxygen atoms in total. The van der Waals surface area contributed by atoms with E-state index >= 15 is 0 Å². The number of aryl methyl sites for hydroxylation is 1. The van der Waals surface area contributed by atoms with Gasteiger partial charge in [-0.2, -0.15) is 5.10 Å². The number of amides is 2. The molecular formula is C23H24N4O3. The van der Waals surface area contributed by atoms with Gasteiger partial charge in [0.2, 0.25) is 11.8 Å². The van der Waals surface area contributed by atoms with E-state index in [2.05, 4.69) is 27.9 Å². The fraction of sp³-hybridized carbons (Fsp3) is 0.261. The molecule has 0 fully saturated rings. The Bertz CT molecular complexity index is 1020. The third-order valence-electron chi connectivity index (χ3n) is 5.03. The van der Waals surface area contributed by atoms with Crippen molar-refractivity contribution in [2.75, 3.05) is 11.9 Å². The second-order valence-electron chi connectivity index (χ2n) is 7.24.